The van der Waals surface area contributed by atoms with Crippen LogP contribution in [0.25, 0.3) is 0 Å². The van der Waals surface area contributed by atoms with Crippen LogP contribution in [-0.4, -0.2) is 32.8 Å². The number of amides is 1. The van der Waals surface area contributed by atoms with E-state index in [1.807, 2.05) is 35.0 Å². The van der Waals surface area contributed by atoms with Crippen LogP contribution in [0.15, 0.2) is 30.3 Å². The molecule has 2 atom stereocenters. The SMILES string of the molecule is CCc1nc2n(n1)C[C@H](N[C@@H](C(=O)NC1CC1)c1ccccc1)CC2. The van der Waals surface area contributed by atoms with Crippen molar-refractivity contribution in [2.24, 2.45) is 0 Å². The van der Waals surface area contributed by atoms with Crippen molar-refractivity contribution in [1.82, 2.24) is 25.4 Å². The van der Waals surface area contributed by atoms with E-state index in [2.05, 4.69) is 27.6 Å². The number of carbonyl (C=O) groups is 1. The zero-order valence-electron chi connectivity index (χ0n) is 14.6. The summed E-state index contributed by atoms with van der Waals surface area (Å²) in [6, 6.07) is 10.2. The lowest BCUT2D eigenvalue weighted by Gasteiger charge is -2.28. The first kappa shape index (κ1) is 16.3. The third-order valence-corrected chi connectivity index (χ3v) is 4.94. The Kier molecular flexibility index (Phi) is 4.53. The molecule has 6 heteroatoms. The topological polar surface area (TPSA) is 71.8 Å². The molecule has 2 aliphatic rings. The van der Waals surface area contributed by atoms with Crippen LogP contribution in [0.3, 0.4) is 0 Å². The second-order valence-corrected chi connectivity index (χ2v) is 7.01. The summed E-state index contributed by atoms with van der Waals surface area (Å²) in [7, 11) is 0. The lowest BCUT2D eigenvalue weighted by atomic mass is 10.0. The second kappa shape index (κ2) is 6.96. The standard InChI is InChI=1S/C19H25N5O/c1-2-16-22-17-11-10-15(12-24(17)23-16)20-18(13-6-4-3-5-7-13)19(25)21-14-8-9-14/h3-7,14-15,18,20H,2,8-12H2,1H3,(H,21,25)/t15-,18-/m1/s1. The quantitative estimate of drug-likeness (QED) is 0.841. The maximum absolute atomic E-state index is 12.8. The van der Waals surface area contributed by atoms with Gasteiger partial charge in [0.25, 0.3) is 0 Å². The first-order chi connectivity index (χ1) is 12.2. The van der Waals surface area contributed by atoms with Gasteiger partial charge < -0.3 is 5.32 Å². The van der Waals surface area contributed by atoms with E-state index in [1.165, 1.54) is 0 Å². The molecule has 0 bridgehead atoms. The number of nitrogens with one attached hydrogen (secondary N) is 2. The highest BCUT2D eigenvalue weighted by Crippen LogP contribution is 2.23. The summed E-state index contributed by atoms with van der Waals surface area (Å²) >= 11 is 0. The van der Waals surface area contributed by atoms with Gasteiger partial charge in [-0.2, -0.15) is 5.10 Å². The van der Waals surface area contributed by atoms with E-state index in [9.17, 15) is 4.79 Å². The summed E-state index contributed by atoms with van der Waals surface area (Å²) in [4.78, 5) is 17.3. The highest BCUT2D eigenvalue weighted by atomic mass is 16.2. The minimum absolute atomic E-state index is 0.0762. The van der Waals surface area contributed by atoms with E-state index < -0.39 is 0 Å². The van der Waals surface area contributed by atoms with Gasteiger partial charge in [-0.05, 0) is 24.8 Å². The Morgan fingerprint density at radius 1 is 1.24 bits per heavy atom. The van der Waals surface area contributed by atoms with Crippen LogP contribution in [0.2, 0.25) is 0 Å². The summed E-state index contributed by atoms with van der Waals surface area (Å²) in [5.41, 5.74) is 1.01. The zero-order valence-corrected chi connectivity index (χ0v) is 14.6. The number of nitrogens with zero attached hydrogens (tertiary/aromatic N) is 3. The van der Waals surface area contributed by atoms with Crippen molar-refractivity contribution < 1.29 is 4.79 Å². The Bertz CT molecular complexity index is 738. The Balaban J connectivity index is 1.49. The molecule has 1 aromatic heterocycles. The molecule has 4 rings (SSSR count). The van der Waals surface area contributed by atoms with E-state index >= 15 is 0 Å². The number of aryl methyl sites for hydroxylation is 2. The largest absolute Gasteiger partial charge is 0.352 e. The molecule has 1 fully saturated rings. The molecule has 25 heavy (non-hydrogen) atoms. The molecule has 0 unspecified atom stereocenters. The lowest BCUT2D eigenvalue weighted by molar-refractivity contribution is -0.123. The average molecular weight is 339 g/mol. The van der Waals surface area contributed by atoms with Crippen LogP contribution in [0.1, 0.15) is 49.4 Å². The average Bonchev–Trinajstić information content (AvgIpc) is 3.35. The minimum atomic E-state index is -0.317. The number of benzene rings is 1. The van der Waals surface area contributed by atoms with Crippen molar-refractivity contribution in [1.29, 1.82) is 0 Å². The highest BCUT2D eigenvalue weighted by molar-refractivity contribution is 5.83. The summed E-state index contributed by atoms with van der Waals surface area (Å²) in [5.74, 6) is 2.04. The van der Waals surface area contributed by atoms with Gasteiger partial charge in [-0.15, -0.1) is 0 Å². The Morgan fingerprint density at radius 3 is 2.76 bits per heavy atom. The van der Waals surface area contributed by atoms with Gasteiger partial charge in [0.1, 0.15) is 11.9 Å². The highest BCUT2D eigenvalue weighted by Gasteiger charge is 2.31. The van der Waals surface area contributed by atoms with Crippen molar-refractivity contribution in [2.45, 2.75) is 63.7 Å². The summed E-state index contributed by atoms with van der Waals surface area (Å²) in [6.45, 7) is 2.84. The van der Waals surface area contributed by atoms with E-state index in [0.717, 1.165) is 55.9 Å². The van der Waals surface area contributed by atoms with Gasteiger partial charge in [-0.1, -0.05) is 37.3 Å². The Labute approximate surface area is 148 Å². The van der Waals surface area contributed by atoms with Gasteiger partial charge in [-0.3, -0.25) is 10.1 Å². The van der Waals surface area contributed by atoms with Gasteiger partial charge >= 0.3 is 0 Å². The Morgan fingerprint density at radius 2 is 2.04 bits per heavy atom. The number of hydrogen-bond donors (Lipinski definition) is 2. The lowest BCUT2D eigenvalue weighted by Crippen LogP contribution is -2.46. The molecule has 0 saturated heterocycles. The third-order valence-electron chi connectivity index (χ3n) is 4.94. The number of carbonyl (C=O) groups excluding carboxylic acids is 1. The van der Waals surface area contributed by atoms with Crippen LogP contribution >= 0.6 is 0 Å². The molecule has 132 valence electrons. The van der Waals surface area contributed by atoms with Crippen molar-refractivity contribution in [2.75, 3.05) is 0 Å². The van der Waals surface area contributed by atoms with E-state index in [1.54, 1.807) is 0 Å². The van der Waals surface area contributed by atoms with Gasteiger partial charge in [0.2, 0.25) is 5.91 Å². The van der Waals surface area contributed by atoms with Crippen LogP contribution < -0.4 is 10.6 Å². The van der Waals surface area contributed by atoms with Crippen molar-refractivity contribution in [3.8, 4) is 0 Å². The molecule has 2 N–H and O–H groups in total. The van der Waals surface area contributed by atoms with Crippen molar-refractivity contribution >= 4 is 5.91 Å². The monoisotopic (exact) mass is 339 g/mol. The van der Waals surface area contributed by atoms with Crippen LogP contribution in [-0.2, 0) is 24.2 Å². The molecular weight excluding hydrogens is 314 g/mol. The number of fused-ring (bicyclic) bond motifs is 1. The van der Waals surface area contributed by atoms with E-state index in [-0.39, 0.29) is 18.0 Å². The van der Waals surface area contributed by atoms with Gasteiger partial charge in [0.05, 0.1) is 6.54 Å². The minimum Gasteiger partial charge on any atom is -0.352 e. The van der Waals surface area contributed by atoms with Crippen LogP contribution in [0.4, 0.5) is 0 Å². The van der Waals surface area contributed by atoms with Crippen molar-refractivity contribution in [3.63, 3.8) is 0 Å². The summed E-state index contributed by atoms with van der Waals surface area (Å²) in [5, 5.41) is 11.3. The van der Waals surface area contributed by atoms with Crippen LogP contribution in [0.5, 0.6) is 0 Å². The fraction of sp³-hybridized carbons (Fsp3) is 0.526. The second-order valence-electron chi connectivity index (χ2n) is 7.01. The molecule has 0 spiro atoms. The summed E-state index contributed by atoms with van der Waals surface area (Å²) in [6.07, 6.45) is 4.92. The molecule has 1 amide bonds. The molecule has 1 aliphatic carbocycles. The molecule has 2 heterocycles. The van der Waals surface area contributed by atoms with Crippen molar-refractivity contribution in [3.05, 3.63) is 47.5 Å². The molecule has 1 saturated carbocycles. The Hall–Kier alpha value is -2.21. The molecule has 2 aromatic rings. The number of rotatable bonds is 6. The fourth-order valence-corrected chi connectivity index (χ4v) is 3.36. The predicted octanol–water partition coefficient (Wildman–Crippen LogP) is 1.76. The summed E-state index contributed by atoms with van der Waals surface area (Å²) < 4.78 is 2.00. The fourth-order valence-electron chi connectivity index (χ4n) is 3.36. The third kappa shape index (κ3) is 3.74. The molecule has 1 aliphatic heterocycles. The molecule has 0 radical (unpaired) electrons. The van der Waals surface area contributed by atoms with Gasteiger partial charge in [-0.25, -0.2) is 9.67 Å². The molecule has 6 nitrogen and oxygen atoms in total. The first-order valence-corrected chi connectivity index (χ1v) is 9.27. The zero-order chi connectivity index (χ0) is 17.2. The predicted molar refractivity (Wildman–Crippen MR) is 95.0 cm³/mol. The first-order valence-electron chi connectivity index (χ1n) is 9.27. The normalized spacial score (nSPS) is 20.8. The number of aromatic nitrogens is 3. The smallest absolute Gasteiger partial charge is 0.241 e. The molecular formula is C19H25N5O. The van der Waals surface area contributed by atoms with Gasteiger partial charge in [0.15, 0.2) is 5.82 Å². The maximum atomic E-state index is 12.8. The van der Waals surface area contributed by atoms with Gasteiger partial charge in [0, 0.05) is 24.9 Å². The van der Waals surface area contributed by atoms with Crippen LogP contribution in [0, 0.1) is 0 Å². The van der Waals surface area contributed by atoms with E-state index in [4.69, 9.17) is 0 Å². The van der Waals surface area contributed by atoms with E-state index in [0.29, 0.717) is 6.04 Å². The maximum Gasteiger partial charge on any atom is 0.241 e. The number of hydrogen-bond acceptors (Lipinski definition) is 4. The molecule has 1 aromatic carbocycles.